The second-order valence-electron chi connectivity index (χ2n) is 6.15. The number of anilines is 1. The number of H-pyrrole nitrogens is 1. The Morgan fingerprint density at radius 2 is 1.79 bits per heavy atom. The van der Waals surface area contributed by atoms with Crippen molar-refractivity contribution < 1.29 is 4.79 Å². The fourth-order valence-corrected chi connectivity index (χ4v) is 2.87. The highest BCUT2D eigenvalue weighted by Crippen LogP contribution is 2.17. The van der Waals surface area contributed by atoms with Gasteiger partial charge >= 0.3 is 0 Å². The molecule has 0 aliphatic carbocycles. The molecule has 0 radical (unpaired) electrons. The van der Waals surface area contributed by atoms with Crippen LogP contribution in [-0.2, 0) is 11.2 Å². The molecule has 6 nitrogen and oxygen atoms in total. The minimum Gasteiger partial charge on any atom is -0.361 e. The highest BCUT2D eigenvalue weighted by atomic mass is 127. The number of halogens is 1. The van der Waals surface area contributed by atoms with Gasteiger partial charge in [-0.05, 0) is 37.1 Å². The summed E-state index contributed by atoms with van der Waals surface area (Å²) in [4.78, 5) is 19.7. The van der Waals surface area contributed by atoms with Crippen LogP contribution < -0.4 is 16.0 Å². The first kappa shape index (κ1) is 21.7. The summed E-state index contributed by atoms with van der Waals surface area (Å²) in [5, 5.41) is 10.5. The summed E-state index contributed by atoms with van der Waals surface area (Å²) in [6.45, 7) is 3.53. The molecule has 1 amide bonds. The molecule has 3 aromatic rings. The molecule has 0 saturated carbocycles. The summed E-state index contributed by atoms with van der Waals surface area (Å²) >= 11 is 0. The van der Waals surface area contributed by atoms with E-state index in [9.17, 15) is 4.79 Å². The van der Waals surface area contributed by atoms with Gasteiger partial charge in [0, 0.05) is 35.9 Å². The predicted molar refractivity (Wildman–Crippen MR) is 126 cm³/mol. The van der Waals surface area contributed by atoms with E-state index < -0.39 is 0 Å². The normalized spacial score (nSPS) is 11.0. The summed E-state index contributed by atoms with van der Waals surface area (Å²) < 4.78 is 0. The Bertz CT molecular complexity index is 907. The zero-order chi connectivity index (χ0) is 18.9. The second kappa shape index (κ2) is 11.3. The number of carbonyl (C=O) groups excluding carboxylic acids is 1. The molecule has 0 fully saturated rings. The van der Waals surface area contributed by atoms with E-state index in [-0.39, 0.29) is 36.4 Å². The molecule has 0 atom stereocenters. The fourth-order valence-electron chi connectivity index (χ4n) is 2.87. The number of guanidine groups is 1. The highest BCUT2D eigenvalue weighted by molar-refractivity contribution is 14.0. The number of nitrogens with zero attached hydrogens (tertiary/aromatic N) is 1. The van der Waals surface area contributed by atoms with Gasteiger partial charge in [0.2, 0.25) is 5.91 Å². The maximum absolute atomic E-state index is 12.1. The average molecular weight is 491 g/mol. The lowest BCUT2D eigenvalue weighted by Crippen LogP contribution is -2.39. The maximum Gasteiger partial charge on any atom is 0.246 e. The van der Waals surface area contributed by atoms with Crippen LogP contribution in [0, 0.1) is 0 Å². The van der Waals surface area contributed by atoms with Crippen molar-refractivity contribution in [1.82, 2.24) is 15.6 Å². The lowest BCUT2D eigenvalue weighted by molar-refractivity contribution is -0.114. The Balaban J connectivity index is 0.00000280. The number of fused-ring (bicyclic) bond motifs is 1. The van der Waals surface area contributed by atoms with E-state index in [4.69, 9.17) is 0 Å². The molecule has 4 N–H and O–H groups in total. The molecule has 3 rings (SSSR count). The average Bonchev–Trinajstić information content (AvgIpc) is 3.10. The van der Waals surface area contributed by atoms with Crippen LogP contribution in [0.2, 0.25) is 0 Å². The number of aliphatic imine (C=N–C) groups is 1. The minimum absolute atomic E-state index is 0. The van der Waals surface area contributed by atoms with Gasteiger partial charge in [-0.25, -0.2) is 4.99 Å². The van der Waals surface area contributed by atoms with Crippen molar-refractivity contribution in [3.8, 4) is 0 Å². The highest BCUT2D eigenvalue weighted by Gasteiger charge is 2.05. The van der Waals surface area contributed by atoms with Gasteiger partial charge < -0.3 is 20.9 Å². The van der Waals surface area contributed by atoms with Gasteiger partial charge in [0.15, 0.2) is 5.96 Å². The Morgan fingerprint density at radius 3 is 2.57 bits per heavy atom. The number of amides is 1. The van der Waals surface area contributed by atoms with Crippen molar-refractivity contribution in [3.05, 3.63) is 66.4 Å². The SMILES string of the molecule is CCNC(=NCC(=O)Nc1ccccc1)NCCc1c[nH]c2ccccc12.I. The summed E-state index contributed by atoms with van der Waals surface area (Å²) in [7, 11) is 0. The quantitative estimate of drug-likeness (QED) is 0.232. The van der Waals surface area contributed by atoms with E-state index in [1.54, 1.807) is 0 Å². The van der Waals surface area contributed by atoms with Crippen LogP contribution in [0.4, 0.5) is 5.69 Å². The van der Waals surface area contributed by atoms with Crippen molar-refractivity contribution in [2.75, 3.05) is 25.0 Å². The van der Waals surface area contributed by atoms with Crippen LogP contribution >= 0.6 is 24.0 Å². The van der Waals surface area contributed by atoms with E-state index in [1.165, 1.54) is 10.9 Å². The summed E-state index contributed by atoms with van der Waals surface area (Å²) in [5.41, 5.74) is 3.18. The molecular weight excluding hydrogens is 465 g/mol. The zero-order valence-electron chi connectivity index (χ0n) is 15.9. The first-order chi connectivity index (χ1) is 13.3. The number of para-hydroxylation sites is 2. The third kappa shape index (κ3) is 6.26. The third-order valence-corrected chi connectivity index (χ3v) is 4.14. The standard InChI is InChI=1S/C21H25N5O.HI/c1-2-22-21(25-15-20(27)26-17-8-4-3-5-9-17)23-13-12-16-14-24-19-11-7-6-10-18(16)19;/h3-11,14,24H,2,12-13,15H2,1H3,(H,26,27)(H2,22,23,25);1H. The molecule has 28 heavy (non-hydrogen) atoms. The van der Waals surface area contributed by atoms with Crippen LogP contribution in [0.3, 0.4) is 0 Å². The first-order valence-electron chi connectivity index (χ1n) is 9.18. The van der Waals surface area contributed by atoms with Crippen molar-refractivity contribution in [2.45, 2.75) is 13.3 Å². The number of aromatic amines is 1. The molecule has 1 aromatic heterocycles. The fraction of sp³-hybridized carbons (Fsp3) is 0.238. The van der Waals surface area contributed by atoms with Gasteiger partial charge in [0.1, 0.15) is 6.54 Å². The largest absolute Gasteiger partial charge is 0.361 e. The molecule has 0 aliphatic rings. The van der Waals surface area contributed by atoms with Crippen molar-refractivity contribution in [3.63, 3.8) is 0 Å². The van der Waals surface area contributed by atoms with Crippen LogP contribution in [0.25, 0.3) is 10.9 Å². The smallest absolute Gasteiger partial charge is 0.246 e. The third-order valence-electron chi connectivity index (χ3n) is 4.14. The molecule has 7 heteroatoms. The van der Waals surface area contributed by atoms with Gasteiger partial charge in [0.05, 0.1) is 0 Å². The van der Waals surface area contributed by atoms with Crippen molar-refractivity contribution >= 4 is 52.4 Å². The lowest BCUT2D eigenvalue weighted by Gasteiger charge is -2.11. The van der Waals surface area contributed by atoms with E-state index in [1.807, 2.05) is 55.6 Å². The van der Waals surface area contributed by atoms with Gasteiger partial charge in [0.25, 0.3) is 0 Å². The first-order valence-corrected chi connectivity index (χ1v) is 9.18. The van der Waals surface area contributed by atoms with Gasteiger partial charge in [-0.3, -0.25) is 4.79 Å². The second-order valence-corrected chi connectivity index (χ2v) is 6.15. The number of benzene rings is 2. The number of aromatic nitrogens is 1. The summed E-state index contributed by atoms with van der Waals surface area (Å²) in [5.74, 6) is 0.496. The molecule has 2 aromatic carbocycles. The predicted octanol–water partition coefficient (Wildman–Crippen LogP) is 3.52. The number of rotatable bonds is 7. The monoisotopic (exact) mass is 491 g/mol. The topological polar surface area (TPSA) is 81.3 Å². The van der Waals surface area contributed by atoms with E-state index >= 15 is 0 Å². The Labute approximate surface area is 182 Å². The maximum atomic E-state index is 12.1. The summed E-state index contributed by atoms with van der Waals surface area (Å²) in [6.07, 6.45) is 2.91. The molecule has 0 unspecified atom stereocenters. The van der Waals surface area contributed by atoms with Gasteiger partial charge in [-0.2, -0.15) is 0 Å². The Morgan fingerprint density at radius 1 is 1.04 bits per heavy atom. The summed E-state index contributed by atoms with van der Waals surface area (Å²) in [6, 6.07) is 17.6. The number of nitrogens with one attached hydrogen (secondary N) is 4. The Hall–Kier alpha value is -2.55. The number of hydrogen-bond acceptors (Lipinski definition) is 2. The minimum atomic E-state index is -0.143. The van der Waals surface area contributed by atoms with Gasteiger partial charge in [-0.1, -0.05) is 36.4 Å². The van der Waals surface area contributed by atoms with E-state index in [2.05, 4.69) is 38.1 Å². The van der Waals surface area contributed by atoms with Crippen LogP contribution in [0.1, 0.15) is 12.5 Å². The zero-order valence-corrected chi connectivity index (χ0v) is 18.2. The van der Waals surface area contributed by atoms with E-state index in [0.29, 0.717) is 5.96 Å². The molecule has 0 aliphatic heterocycles. The van der Waals surface area contributed by atoms with Crippen molar-refractivity contribution in [2.24, 2.45) is 4.99 Å². The van der Waals surface area contributed by atoms with Crippen LogP contribution in [0.5, 0.6) is 0 Å². The van der Waals surface area contributed by atoms with Crippen LogP contribution in [-0.4, -0.2) is 36.5 Å². The van der Waals surface area contributed by atoms with Gasteiger partial charge in [-0.15, -0.1) is 24.0 Å². The molecule has 0 bridgehead atoms. The molecule has 0 saturated heterocycles. The van der Waals surface area contributed by atoms with Crippen LogP contribution in [0.15, 0.2) is 65.8 Å². The lowest BCUT2D eigenvalue weighted by atomic mass is 10.1. The Kier molecular flexibility index (Phi) is 8.80. The number of carbonyl (C=O) groups is 1. The van der Waals surface area contributed by atoms with Crippen molar-refractivity contribution in [1.29, 1.82) is 0 Å². The molecule has 148 valence electrons. The van der Waals surface area contributed by atoms with E-state index in [0.717, 1.165) is 30.7 Å². The molecular formula is C21H26IN5O. The number of hydrogen-bond donors (Lipinski definition) is 4. The molecule has 0 spiro atoms. The molecule has 1 heterocycles.